The van der Waals surface area contributed by atoms with Gasteiger partial charge < -0.3 is 15.3 Å². The minimum Gasteiger partial charge on any atom is -0.480 e. The number of hydrogen-bond donors (Lipinski definition) is 2. The van der Waals surface area contributed by atoms with Crippen LogP contribution < -0.4 is 5.32 Å². The molecule has 1 saturated carbocycles. The SMILES string of the molecule is C[C@@]1(NCC(=O)O)CCN(CC2CCC2)C1. The average Bonchev–Trinajstić information content (AvgIpc) is 2.52. The minimum atomic E-state index is -0.765. The highest BCUT2D eigenvalue weighted by molar-refractivity contribution is 5.69. The van der Waals surface area contributed by atoms with Gasteiger partial charge in [-0.1, -0.05) is 6.42 Å². The second-order valence-corrected chi connectivity index (χ2v) is 5.59. The Balaban J connectivity index is 1.74. The Morgan fingerprint density at radius 3 is 2.88 bits per heavy atom. The van der Waals surface area contributed by atoms with Gasteiger partial charge in [0.15, 0.2) is 0 Å². The van der Waals surface area contributed by atoms with Gasteiger partial charge in [-0.3, -0.25) is 4.79 Å². The molecule has 2 rings (SSSR count). The van der Waals surface area contributed by atoms with Crippen LogP contribution in [0.2, 0.25) is 0 Å². The molecule has 16 heavy (non-hydrogen) atoms. The van der Waals surface area contributed by atoms with Gasteiger partial charge in [0.25, 0.3) is 0 Å². The van der Waals surface area contributed by atoms with Crippen molar-refractivity contribution in [3.8, 4) is 0 Å². The molecule has 1 heterocycles. The first-order valence-electron chi connectivity index (χ1n) is 6.27. The van der Waals surface area contributed by atoms with E-state index in [0.717, 1.165) is 25.4 Å². The topological polar surface area (TPSA) is 52.6 Å². The normalized spacial score (nSPS) is 31.6. The number of hydrogen-bond acceptors (Lipinski definition) is 3. The maximum Gasteiger partial charge on any atom is 0.317 e. The fourth-order valence-corrected chi connectivity index (χ4v) is 2.69. The summed E-state index contributed by atoms with van der Waals surface area (Å²) in [5, 5.41) is 11.8. The summed E-state index contributed by atoms with van der Waals surface area (Å²) >= 11 is 0. The Morgan fingerprint density at radius 1 is 1.56 bits per heavy atom. The number of rotatable bonds is 5. The molecule has 92 valence electrons. The fourth-order valence-electron chi connectivity index (χ4n) is 2.69. The molecular formula is C12H22N2O2. The molecule has 0 unspecified atom stereocenters. The quantitative estimate of drug-likeness (QED) is 0.732. The molecule has 4 heteroatoms. The van der Waals surface area contributed by atoms with Gasteiger partial charge in [0.2, 0.25) is 0 Å². The Labute approximate surface area is 97.0 Å². The van der Waals surface area contributed by atoms with E-state index in [4.69, 9.17) is 5.11 Å². The molecule has 0 aromatic carbocycles. The summed E-state index contributed by atoms with van der Waals surface area (Å²) in [5.74, 6) is 0.139. The zero-order chi connectivity index (χ0) is 11.6. The van der Waals surface area contributed by atoms with Gasteiger partial charge in [-0.25, -0.2) is 0 Å². The highest BCUT2D eigenvalue weighted by Gasteiger charge is 2.35. The summed E-state index contributed by atoms with van der Waals surface area (Å²) in [4.78, 5) is 13.0. The Hall–Kier alpha value is -0.610. The summed E-state index contributed by atoms with van der Waals surface area (Å²) in [6.07, 6.45) is 5.23. The molecule has 1 atom stereocenters. The lowest BCUT2D eigenvalue weighted by Gasteiger charge is -2.31. The van der Waals surface area contributed by atoms with Crippen molar-refractivity contribution < 1.29 is 9.90 Å². The maximum atomic E-state index is 10.5. The summed E-state index contributed by atoms with van der Waals surface area (Å²) < 4.78 is 0. The van der Waals surface area contributed by atoms with E-state index >= 15 is 0 Å². The highest BCUT2D eigenvalue weighted by Crippen LogP contribution is 2.30. The van der Waals surface area contributed by atoms with Crippen LogP contribution in [0.5, 0.6) is 0 Å². The van der Waals surface area contributed by atoms with E-state index in [1.54, 1.807) is 0 Å². The molecule has 2 N–H and O–H groups in total. The molecule has 4 nitrogen and oxygen atoms in total. The van der Waals surface area contributed by atoms with Gasteiger partial charge in [-0.05, 0) is 32.1 Å². The number of nitrogens with one attached hydrogen (secondary N) is 1. The van der Waals surface area contributed by atoms with Crippen LogP contribution in [0.25, 0.3) is 0 Å². The number of nitrogens with zero attached hydrogens (tertiary/aromatic N) is 1. The van der Waals surface area contributed by atoms with Crippen molar-refractivity contribution in [2.75, 3.05) is 26.2 Å². The van der Waals surface area contributed by atoms with Gasteiger partial charge in [-0.15, -0.1) is 0 Å². The molecule has 0 aromatic heterocycles. The molecule has 0 radical (unpaired) electrons. The molecule has 0 bridgehead atoms. The molecule has 0 aromatic rings. The molecule has 2 fully saturated rings. The van der Waals surface area contributed by atoms with E-state index in [9.17, 15) is 4.79 Å². The van der Waals surface area contributed by atoms with Gasteiger partial charge in [0.1, 0.15) is 0 Å². The van der Waals surface area contributed by atoms with E-state index in [0.29, 0.717) is 0 Å². The number of aliphatic carboxylic acids is 1. The van der Waals surface area contributed by atoms with Crippen molar-refractivity contribution in [2.24, 2.45) is 5.92 Å². The van der Waals surface area contributed by atoms with Crippen LogP contribution in [0, 0.1) is 5.92 Å². The summed E-state index contributed by atoms with van der Waals surface area (Å²) in [6, 6.07) is 0. The van der Waals surface area contributed by atoms with Gasteiger partial charge >= 0.3 is 5.97 Å². The van der Waals surface area contributed by atoms with Gasteiger partial charge in [0, 0.05) is 25.2 Å². The van der Waals surface area contributed by atoms with Crippen molar-refractivity contribution in [3.05, 3.63) is 0 Å². The zero-order valence-electron chi connectivity index (χ0n) is 10.0. The second kappa shape index (κ2) is 4.72. The summed E-state index contributed by atoms with van der Waals surface area (Å²) in [5.41, 5.74) is 0.00212. The average molecular weight is 226 g/mol. The third-order valence-corrected chi connectivity index (χ3v) is 3.96. The standard InChI is InChI=1S/C12H22N2O2/c1-12(13-7-11(15)16)5-6-14(9-12)8-10-3-2-4-10/h10,13H,2-9H2,1H3,(H,15,16)/t12-/m1/s1. The minimum absolute atomic E-state index is 0.00212. The van der Waals surface area contributed by atoms with Crippen LogP contribution in [0.4, 0.5) is 0 Å². The molecule has 1 saturated heterocycles. The highest BCUT2D eigenvalue weighted by atomic mass is 16.4. The smallest absolute Gasteiger partial charge is 0.317 e. The molecular weight excluding hydrogens is 204 g/mol. The van der Waals surface area contributed by atoms with Crippen LogP contribution in [0.15, 0.2) is 0 Å². The zero-order valence-corrected chi connectivity index (χ0v) is 10.0. The van der Waals surface area contributed by atoms with Crippen LogP contribution in [0.3, 0.4) is 0 Å². The third kappa shape index (κ3) is 2.95. The number of carbonyl (C=O) groups is 1. The van der Waals surface area contributed by atoms with Gasteiger partial charge in [-0.2, -0.15) is 0 Å². The van der Waals surface area contributed by atoms with E-state index < -0.39 is 5.97 Å². The van der Waals surface area contributed by atoms with E-state index in [-0.39, 0.29) is 12.1 Å². The van der Waals surface area contributed by atoms with Crippen LogP contribution in [-0.4, -0.2) is 47.7 Å². The predicted molar refractivity (Wildman–Crippen MR) is 62.4 cm³/mol. The first-order valence-corrected chi connectivity index (χ1v) is 6.27. The van der Waals surface area contributed by atoms with Crippen LogP contribution in [-0.2, 0) is 4.79 Å². The van der Waals surface area contributed by atoms with Crippen molar-refractivity contribution >= 4 is 5.97 Å². The van der Waals surface area contributed by atoms with E-state index in [1.807, 2.05) is 0 Å². The Bertz CT molecular complexity index is 266. The lowest BCUT2D eigenvalue weighted by Crippen LogP contribution is -2.47. The third-order valence-electron chi connectivity index (χ3n) is 3.96. The van der Waals surface area contributed by atoms with E-state index in [2.05, 4.69) is 17.1 Å². The maximum absolute atomic E-state index is 10.5. The van der Waals surface area contributed by atoms with Crippen LogP contribution in [0.1, 0.15) is 32.6 Å². The molecule has 2 aliphatic rings. The largest absolute Gasteiger partial charge is 0.480 e. The van der Waals surface area contributed by atoms with Gasteiger partial charge in [0.05, 0.1) is 6.54 Å². The Morgan fingerprint density at radius 2 is 2.31 bits per heavy atom. The summed E-state index contributed by atoms with van der Waals surface area (Å²) in [6.45, 7) is 5.53. The molecule has 0 spiro atoms. The number of likely N-dealkylation sites (tertiary alicyclic amines) is 1. The number of carboxylic acids is 1. The lowest BCUT2D eigenvalue weighted by molar-refractivity contribution is -0.136. The molecule has 1 aliphatic carbocycles. The van der Waals surface area contributed by atoms with Crippen molar-refractivity contribution in [2.45, 2.75) is 38.1 Å². The Kier molecular flexibility index (Phi) is 3.50. The predicted octanol–water partition coefficient (Wildman–Crippen LogP) is 0.925. The van der Waals surface area contributed by atoms with Crippen molar-refractivity contribution in [3.63, 3.8) is 0 Å². The first kappa shape index (κ1) is 11.9. The molecule has 1 aliphatic heterocycles. The lowest BCUT2D eigenvalue weighted by atomic mass is 9.85. The van der Waals surface area contributed by atoms with Crippen LogP contribution >= 0.6 is 0 Å². The summed E-state index contributed by atoms with van der Waals surface area (Å²) in [7, 11) is 0. The first-order chi connectivity index (χ1) is 7.57. The molecule has 0 amide bonds. The monoisotopic (exact) mass is 226 g/mol. The van der Waals surface area contributed by atoms with E-state index in [1.165, 1.54) is 25.8 Å². The number of carboxylic acid groups (broad SMARTS) is 1. The second-order valence-electron chi connectivity index (χ2n) is 5.59. The fraction of sp³-hybridized carbons (Fsp3) is 0.917. The van der Waals surface area contributed by atoms with Crippen molar-refractivity contribution in [1.82, 2.24) is 10.2 Å². The van der Waals surface area contributed by atoms with Crippen molar-refractivity contribution in [1.29, 1.82) is 0 Å².